The van der Waals surface area contributed by atoms with Crippen LogP contribution in [0.3, 0.4) is 0 Å². The molecule has 1 aromatic carbocycles. The van der Waals surface area contributed by atoms with Gasteiger partial charge in [-0.25, -0.2) is 13.4 Å². The number of pyridine rings is 1. The van der Waals surface area contributed by atoms with Gasteiger partial charge in [0.15, 0.2) is 0 Å². The van der Waals surface area contributed by atoms with Gasteiger partial charge >= 0.3 is 0 Å². The van der Waals surface area contributed by atoms with Crippen molar-refractivity contribution in [1.29, 1.82) is 0 Å². The lowest BCUT2D eigenvalue weighted by molar-refractivity contribution is 0.598. The van der Waals surface area contributed by atoms with E-state index in [0.717, 1.165) is 53.0 Å². The molecule has 1 N–H and O–H groups in total. The standard InChI is InChI=1S/C18H18BrN3O2S2/c19-13-2-4-14(5-3-13)26(23,24)17-12-15-16(25-17)6-8-21-18(15)22-10-1-7-20-9-11-22/h2-6,8,12,20H,1,7,9-11H2. The number of fused-ring (bicyclic) bond motifs is 1. The van der Waals surface area contributed by atoms with E-state index in [1.165, 1.54) is 11.3 Å². The van der Waals surface area contributed by atoms with Crippen LogP contribution in [0.15, 0.2) is 56.2 Å². The summed E-state index contributed by atoms with van der Waals surface area (Å²) in [5, 5.41) is 4.30. The zero-order valence-electron chi connectivity index (χ0n) is 14.0. The van der Waals surface area contributed by atoms with Gasteiger partial charge in [0.2, 0.25) is 9.84 Å². The van der Waals surface area contributed by atoms with Crippen LogP contribution >= 0.6 is 27.3 Å². The predicted molar refractivity (Wildman–Crippen MR) is 109 cm³/mol. The number of thiophene rings is 1. The topological polar surface area (TPSA) is 62.3 Å². The number of hydrogen-bond donors (Lipinski definition) is 1. The molecule has 1 fully saturated rings. The van der Waals surface area contributed by atoms with E-state index in [-0.39, 0.29) is 0 Å². The first-order chi connectivity index (χ1) is 12.6. The average molecular weight is 452 g/mol. The maximum Gasteiger partial charge on any atom is 0.215 e. The molecular weight excluding hydrogens is 434 g/mol. The molecule has 5 nitrogen and oxygen atoms in total. The van der Waals surface area contributed by atoms with Crippen molar-refractivity contribution in [2.75, 3.05) is 31.1 Å². The Balaban J connectivity index is 1.78. The first-order valence-corrected chi connectivity index (χ1v) is 11.5. The Bertz CT molecular complexity index is 1020. The van der Waals surface area contributed by atoms with Gasteiger partial charge in [0.1, 0.15) is 10.0 Å². The van der Waals surface area contributed by atoms with Crippen LogP contribution in [-0.2, 0) is 9.84 Å². The van der Waals surface area contributed by atoms with Crippen molar-refractivity contribution in [2.45, 2.75) is 15.5 Å². The van der Waals surface area contributed by atoms with E-state index in [2.05, 4.69) is 31.1 Å². The molecule has 1 aliphatic rings. The highest BCUT2D eigenvalue weighted by Gasteiger charge is 2.23. The third-order valence-corrected chi connectivity index (χ3v) is 8.30. The first kappa shape index (κ1) is 17.9. The van der Waals surface area contributed by atoms with Crippen LogP contribution in [0.1, 0.15) is 6.42 Å². The van der Waals surface area contributed by atoms with E-state index in [4.69, 9.17) is 0 Å². The monoisotopic (exact) mass is 451 g/mol. The molecule has 0 radical (unpaired) electrons. The zero-order valence-corrected chi connectivity index (χ0v) is 17.2. The largest absolute Gasteiger partial charge is 0.355 e. The van der Waals surface area contributed by atoms with Gasteiger partial charge in [-0.2, -0.15) is 0 Å². The smallest absolute Gasteiger partial charge is 0.215 e. The summed E-state index contributed by atoms with van der Waals surface area (Å²) in [7, 11) is -3.53. The number of hydrogen-bond acceptors (Lipinski definition) is 6. The molecule has 0 unspecified atom stereocenters. The Hall–Kier alpha value is -1.48. The van der Waals surface area contributed by atoms with Gasteiger partial charge in [0, 0.05) is 40.4 Å². The second-order valence-corrected chi connectivity index (χ2v) is 10.3. The van der Waals surface area contributed by atoms with Gasteiger partial charge in [0.25, 0.3) is 0 Å². The third-order valence-electron chi connectivity index (χ3n) is 4.43. The summed E-state index contributed by atoms with van der Waals surface area (Å²) in [5.41, 5.74) is 0. The minimum atomic E-state index is -3.53. The highest BCUT2D eigenvalue weighted by Crippen LogP contribution is 2.36. The molecule has 0 aliphatic carbocycles. The Labute approximate surface area is 165 Å². The molecule has 2 aromatic heterocycles. The summed E-state index contributed by atoms with van der Waals surface area (Å²) < 4.78 is 28.2. The molecule has 0 amide bonds. The van der Waals surface area contributed by atoms with Gasteiger partial charge in [-0.1, -0.05) is 15.9 Å². The van der Waals surface area contributed by atoms with E-state index in [1.54, 1.807) is 36.5 Å². The van der Waals surface area contributed by atoms with Crippen molar-refractivity contribution in [3.05, 3.63) is 47.1 Å². The molecule has 4 rings (SSSR count). The van der Waals surface area contributed by atoms with Crippen molar-refractivity contribution in [1.82, 2.24) is 10.3 Å². The van der Waals surface area contributed by atoms with E-state index in [0.29, 0.717) is 9.10 Å². The van der Waals surface area contributed by atoms with Crippen molar-refractivity contribution < 1.29 is 8.42 Å². The van der Waals surface area contributed by atoms with Crippen molar-refractivity contribution >= 4 is 53.0 Å². The number of halogens is 1. The fourth-order valence-corrected chi connectivity index (χ4v) is 6.14. The molecule has 136 valence electrons. The fraction of sp³-hybridized carbons (Fsp3) is 0.278. The summed E-state index contributed by atoms with van der Waals surface area (Å²) in [6.45, 7) is 3.70. The molecule has 0 atom stereocenters. The SMILES string of the molecule is O=S(=O)(c1ccc(Br)cc1)c1cc2c(N3CCCNCC3)nccc2s1. The molecule has 26 heavy (non-hydrogen) atoms. The summed E-state index contributed by atoms with van der Waals surface area (Å²) in [6, 6.07) is 10.4. The number of nitrogens with one attached hydrogen (secondary N) is 1. The highest BCUT2D eigenvalue weighted by molar-refractivity contribution is 9.10. The second-order valence-electron chi connectivity index (χ2n) is 6.16. The van der Waals surface area contributed by atoms with Crippen LogP contribution < -0.4 is 10.2 Å². The van der Waals surface area contributed by atoms with Gasteiger partial charge in [0.05, 0.1) is 4.90 Å². The molecule has 1 aliphatic heterocycles. The maximum absolute atomic E-state index is 13.0. The molecule has 0 bridgehead atoms. The molecule has 8 heteroatoms. The van der Waals surface area contributed by atoms with E-state index in [1.807, 2.05) is 6.07 Å². The van der Waals surface area contributed by atoms with E-state index in [9.17, 15) is 8.42 Å². The number of nitrogens with zero attached hydrogens (tertiary/aromatic N) is 2. The molecule has 0 spiro atoms. The molecular formula is C18H18BrN3O2S2. The minimum Gasteiger partial charge on any atom is -0.355 e. The van der Waals surface area contributed by atoms with E-state index >= 15 is 0 Å². The summed E-state index contributed by atoms with van der Waals surface area (Å²) in [5.74, 6) is 0.875. The van der Waals surface area contributed by atoms with Gasteiger partial charge in [-0.15, -0.1) is 11.3 Å². The van der Waals surface area contributed by atoms with Crippen LogP contribution in [0.25, 0.3) is 10.1 Å². The summed E-state index contributed by atoms with van der Waals surface area (Å²) in [4.78, 5) is 7.10. The van der Waals surface area contributed by atoms with Gasteiger partial charge < -0.3 is 10.2 Å². The maximum atomic E-state index is 13.0. The molecule has 3 heterocycles. The number of rotatable bonds is 3. The third kappa shape index (κ3) is 3.38. The van der Waals surface area contributed by atoms with Gasteiger partial charge in [-0.3, -0.25) is 0 Å². The van der Waals surface area contributed by atoms with Crippen LogP contribution in [0, 0.1) is 0 Å². The minimum absolute atomic E-state index is 0.306. The fourth-order valence-electron chi connectivity index (χ4n) is 3.10. The van der Waals surface area contributed by atoms with Crippen molar-refractivity contribution in [2.24, 2.45) is 0 Å². The van der Waals surface area contributed by atoms with E-state index < -0.39 is 9.84 Å². The van der Waals surface area contributed by atoms with Gasteiger partial charge in [-0.05, 0) is 49.4 Å². The molecule has 1 saturated heterocycles. The first-order valence-electron chi connectivity index (χ1n) is 8.40. The average Bonchev–Trinajstić information content (AvgIpc) is 2.91. The van der Waals surface area contributed by atoms with Crippen LogP contribution in [-0.4, -0.2) is 39.6 Å². The number of anilines is 1. The van der Waals surface area contributed by atoms with Crippen LogP contribution in [0.2, 0.25) is 0 Å². The predicted octanol–water partition coefficient (Wildman–Crippen LogP) is 3.69. The number of sulfone groups is 1. The normalized spacial score (nSPS) is 16.0. The summed E-state index contributed by atoms with van der Waals surface area (Å²) in [6.07, 6.45) is 2.81. The Morgan fingerprint density at radius 1 is 1.12 bits per heavy atom. The Morgan fingerprint density at radius 2 is 1.92 bits per heavy atom. The molecule has 3 aromatic rings. The lowest BCUT2D eigenvalue weighted by Gasteiger charge is -2.21. The number of benzene rings is 1. The Morgan fingerprint density at radius 3 is 2.73 bits per heavy atom. The summed E-state index contributed by atoms with van der Waals surface area (Å²) >= 11 is 4.65. The highest BCUT2D eigenvalue weighted by atomic mass is 79.9. The van der Waals surface area contributed by atoms with Crippen LogP contribution in [0.5, 0.6) is 0 Å². The number of aromatic nitrogens is 1. The zero-order chi connectivity index (χ0) is 18.1. The lowest BCUT2D eigenvalue weighted by Crippen LogP contribution is -2.28. The Kier molecular flexibility index (Phi) is 5.00. The van der Waals surface area contributed by atoms with Crippen molar-refractivity contribution in [3.8, 4) is 0 Å². The van der Waals surface area contributed by atoms with Crippen molar-refractivity contribution in [3.63, 3.8) is 0 Å². The van der Waals surface area contributed by atoms with Crippen LogP contribution in [0.4, 0.5) is 5.82 Å². The lowest BCUT2D eigenvalue weighted by atomic mass is 10.3. The second kappa shape index (κ2) is 7.26. The quantitative estimate of drug-likeness (QED) is 0.657. The molecule has 0 saturated carbocycles.